The first-order valence-electron chi connectivity index (χ1n) is 7.52. The van der Waals surface area contributed by atoms with Crippen molar-refractivity contribution in [3.05, 3.63) is 0 Å². The first-order valence-corrected chi connectivity index (χ1v) is 8.59. The van der Waals surface area contributed by atoms with Gasteiger partial charge in [0, 0.05) is 17.7 Å². The lowest BCUT2D eigenvalue weighted by molar-refractivity contribution is -0.128. The molecular formula is C15H25Cl2NO. The summed E-state index contributed by atoms with van der Waals surface area (Å²) in [5.41, 5.74) is -0.469. The Hall–Kier alpha value is 0.0500. The van der Waals surface area contributed by atoms with Crippen molar-refractivity contribution in [2.45, 2.75) is 57.4 Å². The number of alkyl halides is 2. The van der Waals surface area contributed by atoms with E-state index in [4.69, 9.17) is 23.2 Å². The molecular weight excluding hydrogens is 281 g/mol. The molecule has 2 fully saturated rings. The molecule has 2 nitrogen and oxygen atoms in total. The second kappa shape index (κ2) is 6.67. The summed E-state index contributed by atoms with van der Waals surface area (Å²) in [6.07, 6.45) is 8.74. The fourth-order valence-corrected chi connectivity index (χ4v) is 4.03. The zero-order valence-corrected chi connectivity index (χ0v) is 13.3. The van der Waals surface area contributed by atoms with E-state index in [9.17, 15) is 4.79 Å². The van der Waals surface area contributed by atoms with Crippen molar-refractivity contribution in [3.63, 3.8) is 0 Å². The molecule has 3 atom stereocenters. The summed E-state index contributed by atoms with van der Waals surface area (Å²) in [5, 5.41) is 3.06. The molecule has 2 aliphatic carbocycles. The van der Waals surface area contributed by atoms with Gasteiger partial charge < -0.3 is 5.32 Å². The van der Waals surface area contributed by atoms with E-state index in [1.54, 1.807) is 0 Å². The third kappa shape index (κ3) is 3.78. The molecule has 0 aromatic rings. The zero-order valence-electron chi connectivity index (χ0n) is 11.8. The number of nitrogens with one attached hydrogen (secondary N) is 1. The topological polar surface area (TPSA) is 29.1 Å². The van der Waals surface area contributed by atoms with Crippen molar-refractivity contribution in [1.29, 1.82) is 0 Å². The van der Waals surface area contributed by atoms with Crippen LogP contribution in [0.3, 0.4) is 0 Å². The molecule has 1 N–H and O–H groups in total. The fraction of sp³-hybridized carbons (Fsp3) is 0.933. The number of amides is 1. The molecule has 1 amide bonds. The lowest BCUT2D eigenvalue weighted by atomic mass is 9.67. The molecule has 3 unspecified atom stereocenters. The summed E-state index contributed by atoms with van der Waals surface area (Å²) in [7, 11) is 0. The van der Waals surface area contributed by atoms with Gasteiger partial charge >= 0.3 is 0 Å². The van der Waals surface area contributed by atoms with Crippen LogP contribution in [0.25, 0.3) is 0 Å². The van der Waals surface area contributed by atoms with Crippen LogP contribution in [0.15, 0.2) is 0 Å². The van der Waals surface area contributed by atoms with Crippen LogP contribution in [0.5, 0.6) is 0 Å². The summed E-state index contributed by atoms with van der Waals surface area (Å²) < 4.78 is 0. The SMILES string of the molecule is CC(CCl)(CCl)NC(=O)C1CCC2CCCCC2C1. The van der Waals surface area contributed by atoms with Crippen LogP contribution < -0.4 is 5.32 Å². The number of carbonyl (C=O) groups excluding carboxylic acids is 1. The van der Waals surface area contributed by atoms with Crippen molar-refractivity contribution >= 4 is 29.1 Å². The predicted octanol–water partition coefficient (Wildman–Crippen LogP) is 3.95. The Morgan fingerprint density at radius 1 is 1.11 bits per heavy atom. The molecule has 2 saturated carbocycles. The van der Waals surface area contributed by atoms with E-state index in [-0.39, 0.29) is 11.8 Å². The van der Waals surface area contributed by atoms with Crippen molar-refractivity contribution in [2.75, 3.05) is 11.8 Å². The molecule has 110 valence electrons. The highest BCUT2D eigenvalue weighted by Gasteiger charge is 2.36. The second-order valence-electron chi connectivity index (χ2n) is 6.63. The van der Waals surface area contributed by atoms with E-state index in [1.807, 2.05) is 6.92 Å². The van der Waals surface area contributed by atoms with E-state index in [0.29, 0.717) is 11.8 Å². The monoisotopic (exact) mass is 305 g/mol. The van der Waals surface area contributed by atoms with Gasteiger partial charge in [0.15, 0.2) is 0 Å². The van der Waals surface area contributed by atoms with E-state index < -0.39 is 5.54 Å². The Balaban J connectivity index is 1.90. The molecule has 19 heavy (non-hydrogen) atoms. The Bertz CT molecular complexity index is 317. The lowest BCUT2D eigenvalue weighted by Gasteiger charge is -2.39. The molecule has 0 aromatic carbocycles. The molecule has 2 aliphatic rings. The van der Waals surface area contributed by atoms with Crippen LogP contribution in [-0.4, -0.2) is 23.2 Å². The Morgan fingerprint density at radius 2 is 1.74 bits per heavy atom. The number of rotatable bonds is 4. The minimum Gasteiger partial charge on any atom is -0.348 e. The van der Waals surface area contributed by atoms with E-state index in [1.165, 1.54) is 32.1 Å². The highest BCUT2D eigenvalue weighted by atomic mass is 35.5. The lowest BCUT2D eigenvalue weighted by Crippen LogP contribution is -2.52. The summed E-state index contributed by atoms with van der Waals surface area (Å²) in [6, 6.07) is 0. The van der Waals surface area contributed by atoms with Gasteiger partial charge in [0.05, 0.1) is 5.54 Å². The van der Waals surface area contributed by atoms with Gasteiger partial charge in [0.2, 0.25) is 5.91 Å². The Labute approximate surface area is 126 Å². The highest BCUT2D eigenvalue weighted by molar-refractivity contribution is 6.22. The van der Waals surface area contributed by atoms with Crippen molar-refractivity contribution in [2.24, 2.45) is 17.8 Å². The minimum absolute atomic E-state index is 0.160. The fourth-order valence-electron chi connectivity index (χ4n) is 3.61. The smallest absolute Gasteiger partial charge is 0.223 e. The first kappa shape index (κ1) is 15.4. The van der Waals surface area contributed by atoms with E-state index in [2.05, 4.69) is 5.32 Å². The third-order valence-corrected chi connectivity index (χ3v) is 6.11. The number of hydrogen-bond acceptors (Lipinski definition) is 1. The van der Waals surface area contributed by atoms with Crippen LogP contribution in [0.1, 0.15) is 51.9 Å². The molecule has 0 bridgehead atoms. The van der Waals surface area contributed by atoms with Crippen molar-refractivity contribution in [1.82, 2.24) is 5.32 Å². The zero-order chi connectivity index (χ0) is 13.9. The quantitative estimate of drug-likeness (QED) is 0.783. The average Bonchev–Trinajstić information content (AvgIpc) is 2.46. The molecule has 0 spiro atoms. The second-order valence-corrected chi connectivity index (χ2v) is 7.17. The summed E-state index contributed by atoms with van der Waals surface area (Å²) in [4.78, 5) is 12.4. The number of hydrogen-bond donors (Lipinski definition) is 1. The van der Waals surface area contributed by atoms with Gasteiger partial charge in [0.1, 0.15) is 0 Å². The Kier molecular flexibility index (Phi) is 5.42. The van der Waals surface area contributed by atoms with E-state index in [0.717, 1.165) is 24.7 Å². The molecule has 2 rings (SSSR count). The molecule has 0 aliphatic heterocycles. The average molecular weight is 306 g/mol. The third-order valence-electron chi connectivity index (χ3n) is 4.93. The maximum absolute atomic E-state index is 12.4. The highest BCUT2D eigenvalue weighted by Crippen LogP contribution is 2.42. The van der Waals surface area contributed by atoms with Gasteiger partial charge in [-0.15, -0.1) is 23.2 Å². The molecule has 4 heteroatoms. The van der Waals surface area contributed by atoms with Crippen molar-refractivity contribution in [3.8, 4) is 0 Å². The van der Waals surface area contributed by atoms with Gasteiger partial charge in [0.25, 0.3) is 0 Å². The van der Waals surface area contributed by atoms with Crippen LogP contribution >= 0.6 is 23.2 Å². The largest absolute Gasteiger partial charge is 0.348 e. The van der Waals surface area contributed by atoms with Gasteiger partial charge in [-0.05, 0) is 38.0 Å². The Morgan fingerprint density at radius 3 is 2.37 bits per heavy atom. The minimum atomic E-state index is -0.469. The summed E-state index contributed by atoms with van der Waals surface area (Å²) in [5.74, 6) is 2.71. The first-order chi connectivity index (χ1) is 9.08. The number of fused-ring (bicyclic) bond motifs is 1. The number of halogens is 2. The maximum Gasteiger partial charge on any atom is 0.223 e. The van der Waals surface area contributed by atoms with E-state index >= 15 is 0 Å². The van der Waals surface area contributed by atoms with Gasteiger partial charge in [-0.3, -0.25) is 4.79 Å². The van der Waals surface area contributed by atoms with Crippen LogP contribution in [0.4, 0.5) is 0 Å². The maximum atomic E-state index is 12.4. The van der Waals surface area contributed by atoms with Gasteiger partial charge in [-0.25, -0.2) is 0 Å². The van der Waals surface area contributed by atoms with Crippen LogP contribution in [0, 0.1) is 17.8 Å². The van der Waals surface area contributed by atoms with Crippen molar-refractivity contribution < 1.29 is 4.79 Å². The summed E-state index contributed by atoms with van der Waals surface area (Å²) in [6.45, 7) is 1.91. The van der Waals surface area contributed by atoms with Gasteiger partial charge in [-0.2, -0.15) is 0 Å². The number of carbonyl (C=O) groups is 1. The normalized spacial score (nSPS) is 31.6. The molecule has 0 saturated heterocycles. The van der Waals surface area contributed by atoms with Crippen LogP contribution in [-0.2, 0) is 4.79 Å². The standard InChI is InChI=1S/C15H25Cl2NO/c1-15(9-16,10-17)18-14(19)13-7-6-11-4-2-3-5-12(11)8-13/h11-13H,2-10H2,1H3,(H,18,19). The van der Waals surface area contributed by atoms with Crippen LogP contribution in [0.2, 0.25) is 0 Å². The molecule has 0 aromatic heterocycles. The van der Waals surface area contributed by atoms with Gasteiger partial charge in [-0.1, -0.05) is 25.7 Å². The molecule has 0 radical (unpaired) electrons. The molecule has 0 heterocycles. The predicted molar refractivity (Wildman–Crippen MR) is 80.8 cm³/mol. The summed E-state index contributed by atoms with van der Waals surface area (Å²) >= 11 is 11.8.